The number of anilines is 1. The van der Waals surface area contributed by atoms with Crippen LogP contribution in [-0.4, -0.2) is 28.2 Å². The molecule has 3 aromatic rings. The third kappa shape index (κ3) is 6.89. The molecule has 3 rings (SSSR count). The Kier molecular flexibility index (Phi) is 9.53. The normalized spacial score (nSPS) is 12.2. The fraction of sp³-hybridized carbons (Fsp3) is 0.267. The number of allylic oxidation sites excluding steroid dienone is 2. The molecule has 2 heterocycles. The second-order valence-electron chi connectivity index (χ2n) is 8.61. The molecule has 1 aromatic carbocycles. The van der Waals surface area contributed by atoms with Gasteiger partial charge in [-0.1, -0.05) is 50.6 Å². The maximum atomic E-state index is 7.69. The maximum absolute atomic E-state index is 7.69. The molecular formula is C30H36N6. The molecule has 36 heavy (non-hydrogen) atoms. The van der Waals surface area contributed by atoms with Gasteiger partial charge in [-0.25, -0.2) is 4.98 Å². The van der Waals surface area contributed by atoms with E-state index in [2.05, 4.69) is 97.4 Å². The summed E-state index contributed by atoms with van der Waals surface area (Å²) in [5.41, 5.74) is 6.97. The molecule has 2 aromatic heterocycles. The van der Waals surface area contributed by atoms with E-state index in [9.17, 15) is 0 Å². The van der Waals surface area contributed by atoms with Gasteiger partial charge < -0.3 is 21.4 Å². The summed E-state index contributed by atoms with van der Waals surface area (Å²) in [6, 6.07) is 10.3. The van der Waals surface area contributed by atoms with Crippen LogP contribution >= 0.6 is 0 Å². The zero-order valence-corrected chi connectivity index (χ0v) is 21.7. The topological polar surface area (TPSA) is 77.2 Å². The minimum atomic E-state index is 0.208. The number of nitrogens with one attached hydrogen (secondary N) is 4. The number of hydrogen-bond acceptors (Lipinski definition) is 5. The summed E-state index contributed by atoms with van der Waals surface area (Å²) < 4.78 is 1.96. The van der Waals surface area contributed by atoms with Crippen LogP contribution in [0.4, 0.5) is 5.69 Å². The molecule has 186 valence electrons. The van der Waals surface area contributed by atoms with E-state index in [1.54, 1.807) is 6.20 Å². The number of nitrogens with zero attached hydrogens (tertiary/aromatic N) is 2. The van der Waals surface area contributed by atoms with Gasteiger partial charge in [0.1, 0.15) is 5.69 Å². The van der Waals surface area contributed by atoms with Crippen LogP contribution in [0.1, 0.15) is 56.0 Å². The van der Waals surface area contributed by atoms with Crippen molar-refractivity contribution < 1.29 is 0 Å². The minimum absolute atomic E-state index is 0.208. The summed E-state index contributed by atoms with van der Waals surface area (Å²) in [5.74, 6) is 6.61. The lowest BCUT2D eigenvalue weighted by molar-refractivity contribution is 0.784. The van der Waals surface area contributed by atoms with Crippen molar-refractivity contribution in [2.75, 3.05) is 11.9 Å². The van der Waals surface area contributed by atoms with Crippen LogP contribution in [0.5, 0.6) is 0 Å². The highest BCUT2D eigenvalue weighted by molar-refractivity contribution is 5.84. The molecular weight excluding hydrogens is 444 g/mol. The summed E-state index contributed by atoms with van der Waals surface area (Å²) in [5, 5.41) is 17.6. The van der Waals surface area contributed by atoms with E-state index < -0.39 is 0 Å². The van der Waals surface area contributed by atoms with Gasteiger partial charge in [0, 0.05) is 42.5 Å². The second kappa shape index (κ2) is 13.0. The third-order valence-corrected chi connectivity index (χ3v) is 5.60. The van der Waals surface area contributed by atoms with Crippen LogP contribution in [0.3, 0.4) is 0 Å². The molecule has 4 N–H and O–H groups in total. The van der Waals surface area contributed by atoms with Crippen molar-refractivity contribution in [2.24, 2.45) is 0 Å². The predicted octanol–water partition coefficient (Wildman–Crippen LogP) is 5.86. The Morgan fingerprint density at radius 2 is 2.08 bits per heavy atom. The van der Waals surface area contributed by atoms with Crippen molar-refractivity contribution in [2.45, 2.75) is 46.6 Å². The number of pyridine rings is 1. The van der Waals surface area contributed by atoms with E-state index in [1.165, 1.54) is 6.21 Å². The highest BCUT2D eigenvalue weighted by Gasteiger charge is 2.08. The lowest BCUT2D eigenvalue weighted by Crippen LogP contribution is -2.21. The number of aromatic nitrogens is 2. The van der Waals surface area contributed by atoms with Gasteiger partial charge in [-0.15, -0.1) is 0 Å². The van der Waals surface area contributed by atoms with Crippen molar-refractivity contribution in [3.8, 4) is 11.8 Å². The van der Waals surface area contributed by atoms with Crippen LogP contribution in [0.2, 0.25) is 0 Å². The van der Waals surface area contributed by atoms with E-state index in [4.69, 9.17) is 5.41 Å². The zero-order valence-electron chi connectivity index (χ0n) is 21.7. The smallest absolute Gasteiger partial charge is 0.161 e. The van der Waals surface area contributed by atoms with Crippen molar-refractivity contribution in [1.82, 2.24) is 20.0 Å². The van der Waals surface area contributed by atoms with Crippen LogP contribution in [0, 0.1) is 24.2 Å². The molecule has 0 aliphatic carbocycles. The quantitative estimate of drug-likeness (QED) is 0.120. The van der Waals surface area contributed by atoms with Crippen molar-refractivity contribution in [3.63, 3.8) is 0 Å². The molecule has 0 amide bonds. The largest absolute Gasteiger partial charge is 0.389 e. The molecule has 0 saturated heterocycles. The number of aryl methyl sites for hydroxylation is 1. The molecule has 0 fully saturated rings. The first kappa shape index (κ1) is 26.4. The predicted molar refractivity (Wildman–Crippen MR) is 152 cm³/mol. The third-order valence-electron chi connectivity index (χ3n) is 5.60. The Balaban J connectivity index is 1.85. The molecule has 0 saturated carbocycles. The molecule has 0 aliphatic heterocycles. The average molecular weight is 481 g/mol. The van der Waals surface area contributed by atoms with Gasteiger partial charge in [-0.2, -0.15) is 0 Å². The van der Waals surface area contributed by atoms with Crippen LogP contribution in [0.25, 0.3) is 11.3 Å². The Labute approximate surface area is 214 Å². The lowest BCUT2D eigenvalue weighted by atomic mass is 10.0. The molecule has 0 bridgehead atoms. The molecule has 0 radical (unpaired) electrons. The van der Waals surface area contributed by atoms with E-state index in [0.717, 1.165) is 58.8 Å². The molecule has 1 unspecified atom stereocenters. The second-order valence-corrected chi connectivity index (χ2v) is 8.61. The van der Waals surface area contributed by atoms with Gasteiger partial charge in [0.25, 0.3) is 0 Å². The zero-order chi connectivity index (χ0) is 25.9. The fourth-order valence-electron chi connectivity index (χ4n) is 3.62. The van der Waals surface area contributed by atoms with Gasteiger partial charge in [0.05, 0.1) is 17.6 Å². The first-order valence-corrected chi connectivity index (χ1v) is 12.4. The number of rotatable bonds is 11. The highest BCUT2D eigenvalue weighted by Crippen LogP contribution is 2.19. The SMILES string of the molecule is C=C(NC(C)/C=C\CC)c1ccc(C)c(C#Cc2cnc3c(N/C(C=N)=C/NCCC)cccn23)c1. The molecule has 0 aliphatic rings. The van der Waals surface area contributed by atoms with Crippen molar-refractivity contribution >= 4 is 23.2 Å². The average Bonchev–Trinajstić information content (AvgIpc) is 3.30. The number of hydrogen-bond donors (Lipinski definition) is 4. The van der Waals surface area contributed by atoms with Gasteiger partial charge in [-0.05, 0) is 61.9 Å². The van der Waals surface area contributed by atoms with Gasteiger partial charge in [0.2, 0.25) is 0 Å². The molecule has 6 nitrogen and oxygen atoms in total. The summed E-state index contributed by atoms with van der Waals surface area (Å²) in [7, 11) is 0. The summed E-state index contributed by atoms with van der Waals surface area (Å²) in [6.07, 6.45) is 13.1. The molecule has 0 spiro atoms. The maximum Gasteiger partial charge on any atom is 0.161 e. The van der Waals surface area contributed by atoms with E-state index in [1.807, 2.05) is 28.9 Å². The summed E-state index contributed by atoms with van der Waals surface area (Å²) in [4.78, 5) is 4.58. The molecule has 6 heteroatoms. The van der Waals surface area contributed by atoms with Crippen LogP contribution in [0.15, 0.2) is 73.4 Å². The monoisotopic (exact) mass is 480 g/mol. The van der Waals surface area contributed by atoms with Crippen molar-refractivity contribution in [1.29, 1.82) is 5.41 Å². The van der Waals surface area contributed by atoms with Crippen LogP contribution < -0.4 is 16.0 Å². The van der Waals surface area contributed by atoms with Gasteiger partial charge >= 0.3 is 0 Å². The van der Waals surface area contributed by atoms with Crippen LogP contribution in [-0.2, 0) is 0 Å². The van der Waals surface area contributed by atoms with E-state index in [0.29, 0.717) is 5.70 Å². The summed E-state index contributed by atoms with van der Waals surface area (Å²) in [6.45, 7) is 13.5. The van der Waals surface area contributed by atoms with Crippen molar-refractivity contribution in [3.05, 3.63) is 95.7 Å². The Hall–Kier alpha value is -4.24. The molecule has 1 atom stereocenters. The summed E-state index contributed by atoms with van der Waals surface area (Å²) >= 11 is 0. The number of fused-ring (bicyclic) bond motifs is 1. The van der Waals surface area contributed by atoms with E-state index >= 15 is 0 Å². The Morgan fingerprint density at radius 1 is 1.25 bits per heavy atom. The lowest BCUT2D eigenvalue weighted by Gasteiger charge is -2.15. The first-order valence-electron chi connectivity index (χ1n) is 12.4. The Morgan fingerprint density at radius 3 is 2.83 bits per heavy atom. The fourth-order valence-corrected chi connectivity index (χ4v) is 3.62. The highest BCUT2D eigenvalue weighted by atomic mass is 15.0. The first-order chi connectivity index (χ1) is 17.5. The minimum Gasteiger partial charge on any atom is -0.389 e. The van der Waals surface area contributed by atoms with Gasteiger partial charge in [0.15, 0.2) is 5.65 Å². The number of imidazole rings is 1. The number of benzene rings is 1. The standard InChI is InChI=1S/C30H36N6/c1-6-8-10-23(4)34-24(5)26-13-12-22(3)25(18-26)14-15-28-21-33-30-29(11-9-17-36(28)30)35-27(19-31)20-32-16-7-2/h8-13,17-21,23,31-32,34-35H,5-7,16H2,1-4H3/b10-8-,27-20+,31-19?. The Bertz CT molecular complexity index is 1330. The van der Waals surface area contributed by atoms with E-state index in [-0.39, 0.29) is 6.04 Å². The van der Waals surface area contributed by atoms with Gasteiger partial charge in [-0.3, -0.25) is 4.40 Å².